The number of carboxylic acids is 1. The van der Waals surface area contributed by atoms with Gasteiger partial charge in [0.2, 0.25) is 0 Å². The van der Waals surface area contributed by atoms with Gasteiger partial charge in [-0.15, -0.1) is 0 Å². The van der Waals surface area contributed by atoms with Crippen molar-refractivity contribution in [3.05, 3.63) is 34.3 Å². The molecule has 1 aromatic rings. The van der Waals surface area contributed by atoms with E-state index in [1.807, 2.05) is 11.8 Å². The van der Waals surface area contributed by atoms with Crippen molar-refractivity contribution in [2.45, 2.75) is 19.9 Å². The lowest BCUT2D eigenvalue weighted by Gasteiger charge is -2.36. The molecule has 0 spiro atoms. The third-order valence-corrected chi connectivity index (χ3v) is 4.41. The van der Waals surface area contributed by atoms with Crippen LogP contribution >= 0.6 is 11.6 Å². The van der Waals surface area contributed by atoms with Gasteiger partial charge in [-0.2, -0.15) is 0 Å². The summed E-state index contributed by atoms with van der Waals surface area (Å²) in [5.41, 5.74) is 1.40. The number of carboxylic acid groups (broad SMARTS) is 1. The minimum atomic E-state index is -0.833. The molecule has 1 aromatic carbocycles. The van der Waals surface area contributed by atoms with Gasteiger partial charge in [0.15, 0.2) is 0 Å². The maximum absolute atomic E-state index is 12.5. The minimum absolute atomic E-state index is 0.0439. The van der Waals surface area contributed by atoms with Gasteiger partial charge in [-0.3, -0.25) is 14.5 Å². The fourth-order valence-corrected chi connectivity index (χ4v) is 2.65. The molecule has 1 amide bonds. The topological polar surface area (TPSA) is 60.9 Å². The molecule has 1 saturated heterocycles. The van der Waals surface area contributed by atoms with Gasteiger partial charge in [0.25, 0.3) is 5.91 Å². The fourth-order valence-electron chi connectivity index (χ4n) is 2.48. The van der Waals surface area contributed by atoms with E-state index >= 15 is 0 Å². The number of hydrogen-bond acceptors (Lipinski definition) is 3. The molecule has 1 atom stereocenters. The maximum atomic E-state index is 12.5. The molecule has 0 saturated carbocycles. The first-order chi connectivity index (χ1) is 9.91. The molecule has 114 valence electrons. The summed E-state index contributed by atoms with van der Waals surface area (Å²) < 4.78 is 0. The van der Waals surface area contributed by atoms with E-state index in [-0.39, 0.29) is 5.91 Å². The van der Waals surface area contributed by atoms with Gasteiger partial charge >= 0.3 is 5.97 Å². The van der Waals surface area contributed by atoms with Crippen LogP contribution in [0.1, 0.15) is 22.8 Å². The first-order valence-electron chi connectivity index (χ1n) is 6.93. The van der Waals surface area contributed by atoms with Crippen LogP contribution in [0.4, 0.5) is 0 Å². The predicted molar refractivity (Wildman–Crippen MR) is 80.8 cm³/mol. The van der Waals surface area contributed by atoms with Crippen molar-refractivity contribution in [2.24, 2.45) is 0 Å². The monoisotopic (exact) mass is 310 g/mol. The summed E-state index contributed by atoms with van der Waals surface area (Å²) in [6, 6.07) is 4.79. The Kier molecular flexibility index (Phi) is 4.85. The average molecular weight is 311 g/mol. The van der Waals surface area contributed by atoms with Crippen LogP contribution in [0.15, 0.2) is 18.2 Å². The zero-order valence-corrected chi connectivity index (χ0v) is 12.9. The molecule has 1 N–H and O–H groups in total. The van der Waals surface area contributed by atoms with Crippen LogP contribution in [0, 0.1) is 6.92 Å². The Bertz CT molecular complexity index is 554. The van der Waals surface area contributed by atoms with E-state index < -0.39 is 12.0 Å². The van der Waals surface area contributed by atoms with Crippen molar-refractivity contribution in [1.82, 2.24) is 9.80 Å². The summed E-state index contributed by atoms with van der Waals surface area (Å²) in [6.07, 6.45) is 0. The van der Waals surface area contributed by atoms with Crippen LogP contribution in [-0.2, 0) is 4.79 Å². The van der Waals surface area contributed by atoms with Gasteiger partial charge in [0.05, 0.1) is 0 Å². The Balaban J connectivity index is 2.04. The Hall–Kier alpha value is -1.59. The van der Waals surface area contributed by atoms with E-state index in [0.29, 0.717) is 36.8 Å². The molecule has 1 unspecified atom stereocenters. The molecule has 0 bridgehead atoms. The molecule has 0 aromatic heterocycles. The lowest BCUT2D eigenvalue weighted by atomic mass is 10.1. The molecule has 6 heteroatoms. The van der Waals surface area contributed by atoms with Crippen LogP contribution in [0.3, 0.4) is 0 Å². The highest BCUT2D eigenvalue weighted by atomic mass is 35.5. The number of piperazine rings is 1. The van der Waals surface area contributed by atoms with E-state index in [1.54, 1.807) is 30.0 Å². The molecule has 1 heterocycles. The fraction of sp³-hybridized carbons (Fsp3) is 0.467. The molecular formula is C15H19ClN2O3. The summed E-state index contributed by atoms with van der Waals surface area (Å²) in [6.45, 7) is 5.70. The zero-order chi connectivity index (χ0) is 15.6. The second-order valence-electron chi connectivity index (χ2n) is 5.25. The van der Waals surface area contributed by atoms with Crippen molar-refractivity contribution in [2.75, 3.05) is 26.2 Å². The molecule has 5 nitrogen and oxygen atoms in total. The Morgan fingerprint density at radius 3 is 2.43 bits per heavy atom. The third-order valence-electron chi connectivity index (χ3n) is 4.00. The Labute approximate surface area is 129 Å². The number of aliphatic carboxylic acids is 1. The number of carbonyl (C=O) groups is 2. The van der Waals surface area contributed by atoms with Crippen molar-refractivity contribution in [3.8, 4) is 0 Å². The molecule has 0 radical (unpaired) electrons. The minimum Gasteiger partial charge on any atom is -0.480 e. The van der Waals surface area contributed by atoms with E-state index in [4.69, 9.17) is 16.7 Å². The Morgan fingerprint density at radius 2 is 1.86 bits per heavy atom. The van der Waals surface area contributed by atoms with E-state index in [1.165, 1.54) is 0 Å². The van der Waals surface area contributed by atoms with Crippen molar-refractivity contribution in [1.29, 1.82) is 0 Å². The predicted octanol–water partition coefficient (Wildman–Crippen LogP) is 1.88. The lowest BCUT2D eigenvalue weighted by Crippen LogP contribution is -2.53. The van der Waals surface area contributed by atoms with Gasteiger partial charge in [-0.1, -0.05) is 17.7 Å². The number of halogens is 1. The van der Waals surface area contributed by atoms with Gasteiger partial charge in [0, 0.05) is 36.8 Å². The molecule has 1 fully saturated rings. The highest BCUT2D eigenvalue weighted by molar-refractivity contribution is 6.31. The van der Waals surface area contributed by atoms with Gasteiger partial charge in [-0.25, -0.2) is 0 Å². The second kappa shape index (κ2) is 6.45. The third kappa shape index (κ3) is 3.36. The van der Waals surface area contributed by atoms with Crippen LogP contribution < -0.4 is 0 Å². The van der Waals surface area contributed by atoms with Crippen molar-refractivity contribution >= 4 is 23.5 Å². The first kappa shape index (κ1) is 15.8. The smallest absolute Gasteiger partial charge is 0.320 e. The number of rotatable bonds is 3. The average Bonchev–Trinajstić information content (AvgIpc) is 2.48. The number of benzene rings is 1. The molecule has 1 aliphatic heterocycles. The number of amides is 1. The van der Waals surface area contributed by atoms with Crippen molar-refractivity contribution < 1.29 is 14.7 Å². The SMILES string of the molecule is Cc1c(Cl)cccc1C(=O)N1CCN(C(C)C(=O)O)CC1. The van der Waals surface area contributed by atoms with Gasteiger partial charge in [0.1, 0.15) is 6.04 Å². The summed E-state index contributed by atoms with van der Waals surface area (Å²) >= 11 is 6.05. The van der Waals surface area contributed by atoms with Gasteiger partial charge < -0.3 is 10.0 Å². The molecule has 21 heavy (non-hydrogen) atoms. The number of nitrogens with zero attached hydrogens (tertiary/aromatic N) is 2. The van der Waals surface area contributed by atoms with E-state index in [0.717, 1.165) is 5.56 Å². The normalized spacial score (nSPS) is 17.6. The maximum Gasteiger partial charge on any atom is 0.320 e. The van der Waals surface area contributed by atoms with E-state index in [2.05, 4.69) is 0 Å². The second-order valence-corrected chi connectivity index (χ2v) is 5.66. The summed E-state index contributed by atoms with van der Waals surface area (Å²) in [7, 11) is 0. The molecule has 0 aliphatic carbocycles. The van der Waals surface area contributed by atoms with Crippen LogP contribution in [-0.4, -0.2) is 59.0 Å². The van der Waals surface area contributed by atoms with Crippen LogP contribution in [0.2, 0.25) is 5.02 Å². The summed E-state index contributed by atoms with van der Waals surface area (Å²) in [4.78, 5) is 27.1. The first-order valence-corrected chi connectivity index (χ1v) is 7.31. The highest BCUT2D eigenvalue weighted by Crippen LogP contribution is 2.21. The number of carbonyl (C=O) groups excluding carboxylic acids is 1. The van der Waals surface area contributed by atoms with Crippen LogP contribution in [0.25, 0.3) is 0 Å². The van der Waals surface area contributed by atoms with Crippen molar-refractivity contribution in [3.63, 3.8) is 0 Å². The standard InChI is InChI=1S/C15H19ClN2O3/c1-10-12(4-3-5-13(10)16)14(19)18-8-6-17(7-9-18)11(2)15(20)21/h3-5,11H,6-9H2,1-2H3,(H,20,21). The van der Waals surface area contributed by atoms with E-state index in [9.17, 15) is 9.59 Å². The Morgan fingerprint density at radius 1 is 1.24 bits per heavy atom. The lowest BCUT2D eigenvalue weighted by molar-refractivity contribution is -0.143. The van der Waals surface area contributed by atoms with Crippen LogP contribution in [0.5, 0.6) is 0 Å². The molecular weight excluding hydrogens is 292 g/mol. The molecule has 2 rings (SSSR count). The quantitative estimate of drug-likeness (QED) is 0.926. The highest BCUT2D eigenvalue weighted by Gasteiger charge is 2.28. The zero-order valence-electron chi connectivity index (χ0n) is 12.2. The molecule has 1 aliphatic rings. The summed E-state index contributed by atoms with van der Waals surface area (Å²) in [5, 5.41) is 9.60. The van der Waals surface area contributed by atoms with Gasteiger partial charge in [-0.05, 0) is 31.5 Å². The largest absolute Gasteiger partial charge is 0.480 e. The number of hydrogen-bond donors (Lipinski definition) is 1. The summed E-state index contributed by atoms with van der Waals surface area (Å²) in [5.74, 6) is -0.877.